The van der Waals surface area contributed by atoms with E-state index in [1.807, 2.05) is 0 Å². The van der Waals surface area contributed by atoms with Crippen LogP contribution in [0, 0.1) is 17.8 Å². The summed E-state index contributed by atoms with van der Waals surface area (Å²) in [6.45, 7) is 9.60. The molecule has 2 aliphatic heterocycles. The molecule has 0 bridgehead atoms. The maximum absolute atomic E-state index is 12.4. The average molecular weight is 293 g/mol. The Hall–Kier alpha value is -0.610. The van der Waals surface area contributed by atoms with Crippen LogP contribution in [0.2, 0.25) is 0 Å². The first-order valence-corrected chi connectivity index (χ1v) is 8.94. The fourth-order valence-electron chi connectivity index (χ4n) is 4.15. The lowest BCUT2D eigenvalue weighted by Gasteiger charge is -2.38. The van der Waals surface area contributed by atoms with Gasteiger partial charge < -0.3 is 10.2 Å². The van der Waals surface area contributed by atoms with Gasteiger partial charge in [0.2, 0.25) is 5.91 Å². The van der Waals surface area contributed by atoms with Gasteiger partial charge in [0.05, 0.1) is 5.92 Å². The minimum absolute atomic E-state index is 0.247. The zero-order valence-electron chi connectivity index (χ0n) is 13.5. The van der Waals surface area contributed by atoms with Crippen molar-refractivity contribution in [1.29, 1.82) is 0 Å². The van der Waals surface area contributed by atoms with Crippen LogP contribution < -0.4 is 5.32 Å². The van der Waals surface area contributed by atoms with Gasteiger partial charge in [-0.15, -0.1) is 0 Å². The number of hydrogen-bond acceptors (Lipinski definition) is 3. The Morgan fingerprint density at radius 3 is 2.38 bits per heavy atom. The van der Waals surface area contributed by atoms with E-state index in [1.165, 1.54) is 32.2 Å². The molecule has 0 aromatic heterocycles. The van der Waals surface area contributed by atoms with Crippen LogP contribution in [0.5, 0.6) is 0 Å². The van der Waals surface area contributed by atoms with Gasteiger partial charge in [-0.05, 0) is 37.6 Å². The number of piperazine rings is 1. The zero-order valence-corrected chi connectivity index (χ0v) is 13.5. The molecule has 2 heterocycles. The molecule has 3 aliphatic rings. The average Bonchev–Trinajstić information content (AvgIpc) is 3.04. The van der Waals surface area contributed by atoms with Crippen LogP contribution in [-0.2, 0) is 4.79 Å². The Morgan fingerprint density at radius 2 is 1.76 bits per heavy atom. The first-order valence-electron chi connectivity index (χ1n) is 8.94. The van der Waals surface area contributed by atoms with Crippen molar-refractivity contribution in [3.8, 4) is 0 Å². The molecule has 0 unspecified atom stereocenters. The highest BCUT2D eigenvalue weighted by Gasteiger charge is 2.30. The van der Waals surface area contributed by atoms with Crippen molar-refractivity contribution in [3.63, 3.8) is 0 Å². The number of hydrogen-bond donors (Lipinski definition) is 1. The molecule has 4 nitrogen and oxygen atoms in total. The van der Waals surface area contributed by atoms with Gasteiger partial charge in [0.25, 0.3) is 0 Å². The number of nitrogens with one attached hydrogen (secondary N) is 1. The van der Waals surface area contributed by atoms with Crippen molar-refractivity contribution in [2.24, 2.45) is 17.8 Å². The van der Waals surface area contributed by atoms with Gasteiger partial charge >= 0.3 is 0 Å². The van der Waals surface area contributed by atoms with E-state index in [0.717, 1.165) is 57.5 Å². The van der Waals surface area contributed by atoms with Crippen LogP contribution in [0.1, 0.15) is 39.0 Å². The molecule has 0 aromatic carbocycles. The van der Waals surface area contributed by atoms with Crippen LogP contribution in [0.25, 0.3) is 0 Å². The highest BCUT2D eigenvalue weighted by Crippen LogP contribution is 2.29. The second-order valence-electron chi connectivity index (χ2n) is 7.44. The molecule has 1 amide bonds. The van der Waals surface area contributed by atoms with Crippen molar-refractivity contribution in [2.75, 3.05) is 45.8 Å². The van der Waals surface area contributed by atoms with Crippen molar-refractivity contribution >= 4 is 5.91 Å². The Morgan fingerprint density at radius 1 is 1.05 bits per heavy atom. The van der Waals surface area contributed by atoms with Gasteiger partial charge in [0.1, 0.15) is 0 Å². The minimum Gasteiger partial charge on any atom is -0.340 e. The largest absolute Gasteiger partial charge is 0.340 e. The van der Waals surface area contributed by atoms with Crippen LogP contribution >= 0.6 is 0 Å². The number of carbonyl (C=O) groups excluding carboxylic acids is 1. The number of nitrogens with zero attached hydrogens (tertiary/aromatic N) is 2. The monoisotopic (exact) mass is 293 g/mol. The van der Waals surface area contributed by atoms with Crippen molar-refractivity contribution in [3.05, 3.63) is 0 Å². The summed E-state index contributed by atoms with van der Waals surface area (Å²) in [5.41, 5.74) is 0. The second-order valence-corrected chi connectivity index (χ2v) is 7.44. The van der Waals surface area contributed by atoms with Gasteiger partial charge in [-0.1, -0.05) is 19.8 Å². The first kappa shape index (κ1) is 15.3. The van der Waals surface area contributed by atoms with E-state index in [9.17, 15) is 4.79 Å². The van der Waals surface area contributed by atoms with Gasteiger partial charge in [-0.25, -0.2) is 0 Å². The maximum Gasteiger partial charge on any atom is 0.227 e. The predicted molar refractivity (Wildman–Crippen MR) is 85.1 cm³/mol. The topological polar surface area (TPSA) is 35.6 Å². The second kappa shape index (κ2) is 7.10. The molecule has 0 radical (unpaired) electrons. The molecular formula is C17H31N3O. The highest BCUT2D eigenvalue weighted by atomic mass is 16.2. The van der Waals surface area contributed by atoms with Gasteiger partial charge in [0, 0.05) is 39.3 Å². The van der Waals surface area contributed by atoms with E-state index < -0.39 is 0 Å². The summed E-state index contributed by atoms with van der Waals surface area (Å²) in [5.74, 6) is 2.49. The van der Waals surface area contributed by atoms with Crippen LogP contribution in [0.15, 0.2) is 0 Å². The van der Waals surface area contributed by atoms with Gasteiger partial charge in [0.15, 0.2) is 0 Å². The lowest BCUT2D eigenvalue weighted by Crippen LogP contribution is -2.51. The molecule has 0 aromatic rings. The Labute approximate surface area is 129 Å². The maximum atomic E-state index is 12.4. The number of amides is 1. The smallest absolute Gasteiger partial charge is 0.227 e. The molecule has 4 heteroatoms. The molecule has 3 fully saturated rings. The molecule has 1 atom stereocenters. The van der Waals surface area contributed by atoms with Crippen LogP contribution in [0.4, 0.5) is 0 Å². The summed E-state index contributed by atoms with van der Waals surface area (Å²) in [6, 6.07) is 0. The lowest BCUT2D eigenvalue weighted by molar-refractivity contribution is -0.136. The molecule has 21 heavy (non-hydrogen) atoms. The molecule has 1 N–H and O–H groups in total. The third-order valence-corrected chi connectivity index (χ3v) is 5.75. The van der Waals surface area contributed by atoms with E-state index in [0.29, 0.717) is 5.91 Å². The fraction of sp³-hybridized carbons (Fsp3) is 0.941. The van der Waals surface area contributed by atoms with E-state index in [1.54, 1.807) is 0 Å². The number of rotatable bonds is 3. The van der Waals surface area contributed by atoms with Gasteiger partial charge in [-0.2, -0.15) is 0 Å². The summed E-state index contributed by atoms with van der Waals surface area (Å²) in [5, 5.41) is 3.30. The summed E-state index contributed by atoms with van der Waals surface area (Å²) >= 11 is 0. The van der Waals surface area contributed by atoms with Crippen molar-refractivity contribution in [1.82, 2.24) is 15.1 Å². The van der Waals surface area contributed by atoms with E-state index >= 15 is 0 Å². The highest BCUT2D eigenvalue weighted by molar-refractivity contribution is 5.79. The van der Waals surface area contributed by atoms with Crippen LogP contribution in [-0.4, -0.2) is 61.5 Å². The standard InChI is InChI=1S/C17H31N3O/c1-14-2-4-15(5-3-14)13-19-8-10-20(11-9-19)17(21)16-6-7-18-12-16/h14-16,18H,2-13H2,1H3/t14?,15?,16-/m0/s1. The molecule has 120 valence electrons. The third-order valence-electron chi connectivity index (χ3n) is 5.75. The van der Waals surface area contributed by atoms with Crippen LogP contribution in [0.3, 0.4) is 0 Å². The SMILES string of the molecule is CC1CCC(CN2CCN(C(=O)[C@H]3CCNC3)CC2)CC1. The zero-order chi connectivity index (χ0) is 14.7. The van der Waals surface area contributed by atoms with E-state index in [4.69, 9.17) is 0 Å². The Kier molecular flexibility index (Phi) is 5.17. The summed E-state index contributed by atoms with van der Waals surface area (Å²) < 4.78 is 0. The molecular weight excluding hydrogens is 262 g/mol. The molecule has 3 rings (SSSR count). The van der Waals surface area contributed by atoms with Crippen molar-refractivity contribution < 1.29 is 4.79 Å². The van der Waals surface area contributed by atoms with Gasteiger partial charge in [-0.3, -0.25) is 9.69 Å². The number of carbonyl (C=O) groups is 1. The Balaban J connectivity index is 1.39. The minimum atomic E-state index is 0.247. The lowest BCUT2D eigenvalue weighted by atomic mass is 9.83. The Bertz CT molecular complexity index is 338. The third kappa shape index (κ3) is 3.98. The molecule has 0 spiro atoms. The van der Waals surface area contributed by atoms with Crippen molar-refractivity contribution in [2.45, 2.75) is 39.0 Å². The first-order chi connectivity index (χ1) is 10.2. The summed E-state index contributed by atoms with van der Waals surface area (Å²) in [7, 11) is 0. The fourth-order valence-corrected chi connectivity index (χ4v) is 4.15. The molecule has 1 saturated carbocycles. The van der Waals surface area contributed by atoms with E-state index in [-0.39, 0.29) is 5.92 Å². The summed E-state index contributed by atoms with van der Waals surface area (Å²) in [6.07, 6.45) is 6.68. The summed E-state index contributed by atoms with van der Waals surface area (Å²) in [4.78, 5) is 17.1. The molecule has 1 aliphatic carbocycles. The van der Waals surface area contributed by atoms with E-state index in [2.05, 4.69) is 22.0 Å². The quantitative estimate of drug-likeness (QED) is 0.858. The normalized spacial score (nSPS) is 35.1. The predicted octanol–water partition coefficient (Wildman–Crippen LogP) is 1.57. The molecule has 2 saturated heterocycles.